The number of aromatic nitrogens is 2. The van der Waals surface area contributed by atoms with Crippen LogP contribution >= 0.6 is 11.6 Å². The van der Waals surface area contributed by atoms with E-state index in [0.717, 1.165) is 40.9 Å². The standard InChI is InChI=1S/C18H16ClN3O/c19-12-4-5-15-14(10-12)13-2-1-3-16(17(13)21-15)22-18(23)11-6-8-20-9-7-11/h4-10,16,21H,1-3H2,(H,22,23). The number of benzene rings is 1. The number of halogens is 1. The second-order valence-electron chi connectivity index (χ2n) is 5.86. The third-order valence-electron chi connectivity index (χ3n) is 4.42. The number of aryl methyl sites for hydroxylation is 1. The molecular formula is C18H16ClN3O. The predicted octanol–water partition coefficient (Wildman–Crippen LogP) is 4.02. The summed E-state index contributed by atoms with van der Waals surface area (Å²) in [6, 6.07) is 9.34. The molecule has 23 heavy (non-hydrogen) atoms. The first-order valence-electron chi connectivity index (χ1n) is 7.73. The van der Waals surface area contributed by atoms with Crippen LogP contribution in [0.5, 0.6) is 0 Å². The van der Waals surface area contributed by atoms with Crippen LogP contribution in [0.4, 0.5) is 0 Å². The van der Waals surface area contributed by atoms with Crippen LogP contribution in [0.2, 0.25) is 5.02 Å². The molecular weight excluding hydrogens is 310 g/mol. The number of nitrogens with one attached hydrogen (secondary N) is 2. The van der Waals surface area contributed by atoms with E-state index in [-0.39, 0.29) is 11.9 Å². The molecule has 1 aliphatic rings. The number of hydrogen-bond donors (Lipinski definition) is 2. The molecule has 3 aromatic rings. The van der Waals surface area contributed by atoms with Gasteiger partial charge in [0.2, 0.25) is 0 Å². The van der Waals surface area contributed by atoms with E-state index in [4.69, 9.17) is 11.6 Å². The van der Waals surface area contributed by atoms with Gasteiger partial charge in [0.05, 0.1) is 6.04 Å². The molecule has 0 radical (unpaired) electrons. The molecule has 1 atom stereocenters. The van der Waals surface area contributed by atoms with Gasteiger partial charge in [-0.3, -0.25) is 9.78 Å². The monoisotopic (exact) mass is 325 g/mol. The molecule has 0 spiro atoms. The predicted molar refractivity (Wildman–Crippen MR) is 90.7 cm³/mol. The van der Waals surface area contributed by atoms with Gasteiger partial charge in [0.1, 0.15) is 0 Å². The average molecular weight is 326 g/mol. The van der Waals surface area contributed by atoms with E-state index in [1.54, 1.807) is 24.5 Å². The molecule has 0 bridgehead atoms. The summed E-state index contributed by atoms with van der Waals surface area (Å²) in [5.74, 6) is -0.0676. The lowest BCUT2D eigenvalue weighted by Gasteiger charge is -2.23. The number of carbonyl (C=O) groups excluding carboxylic acids is 1. The van der Waals surface area contributed by atoms with Crippen molar-refractivity contribution in [3.63, 3.8) is 0 Å². The number of hydrogen-bond acceptors (Lipinski definition) is 2. The fourth-order valence-corrected chi connectivity index (χ4v) is 3.50. The van der Waals surface area contributed by atoms with E-state index in [2.05, 4.69) is 15.3 Å². The maximum Gasteiger partial charge on any atom is 0.251 e. The molecule has 1 aromatic carbocycles. The van der Waals surface area contributed by atoms with Crippen molar-refractivity contribution in [1.82, 2.24) is 15.3 Å². The summed E-state index contributed by atoms with van der Waals surface area (Å²) in [4.78, 5) is 19.8. The lowest BCUT2D eigenvalue weighted by atomic mass is 9.91. The maximum atomic E-state index is 12.4. The molecule has 116 valence electrons. The van der Waals surface area contributed by atoms with Gasteiger partial charge in [-0.15, -0.1) is 0 Å². The largest absolute Gasteiger partial charge is 0.356 e. The van der Waals surface area contributed by atoms with Crippen LogP contribution in [-0.4, -0.2) is 15.9 Å². The fraction of sp³-hybridized carbons (Fsp3) is 0.222. The highest BCUT2D eigenvalue weighted by Gasteiger charge is 2.25. The minimum Gasteiger partial charge on any atom is -0.356 e. The molecule has 4 nitrogen and oxygen atoms in total. The SMILES string of the molecule is O=C(NC1CCCc2c1[nH]c1ccc(Cl)cc21)c1ccncc1. The molecule has 4 rings (SSSR count). The minimum atomic E-state index is -0.0676. The molecule has 2 N–H and O–H groups in total. The Morgan fingerprint density at radius 2 is 2.09 bits per heavy atom. The van der Waals surface area contributed by atoms with Gasteiger partial charge < -0.3 is 10.3 Å². The van der Waals surface area contributed by atoms with Gasteiger partial charge in [-0.05, 0) is 55.2 Å². The zero-order valence-electron chi connectivity index (χ0n) is 12.5. The Labute approximate surface area is 138 Å². The van der Waals surface area contributed by atoms with Crippen LogP contribution in [0.15, 0.2) is 42.7 Å². The zero-order valence-corrected chi connectivity index (χ0v) is 13.2. The number of pyridine rings is 1. The van der Waals surface area contributed by atoms with Gasteiger partial charge in [-0.1, -0.05) is 11.6 Å². The summed E-state index contributed by atoms with van der Waals surface area (Å²) in [6.07, 6.45) is 6.26. The molecule has 0 saturated heterocycles. The third kappa shape index (κ3) is 2.59. The van der Waals surface area contributed by atoms with Crippen molar-refractivity contribution in [3.05, 3.63) is 64.6 Å². The van der Waals surface area contributed by atoms with Crippen LogP contribution in [0, 0.1) is 0 Å². The van der Waals surface area contributed by atoms with E-state index < -0.39 is 0 Å². The third-order valence-corrected chi connectivity index (χ3v) is 4.65. The van der Waals surface area contributed by atoms with Crippen LogP contribution in [0.25, 0.3) is 10.9 Å². The molecule has 0 fully saturated rings. The second-order valence-corrected chi connectivity index (χ2v) is 6.30. The van der Waals surface area contributed by atoms with Crippen LogP contribution in [-0.2, 0) is 6.42 Å². The molecule has 1 amide bonds. The number of carbonyl (C=O) groups is 1. The van der Waals surface area contributed by atoms with Crippen LogP contribution in [0.3, 0.4) is 0 Å². The number of amides is 1. The van der Waals surface area contributed by atoms with Crippen molar-refractivity contribution in [2.75, 3.05) is 0 Å². The van der Waals surface area contributed by atoms with E-state index in [9.17, 15) is 4.79 Å². The minimum absolute atomic E-state index is 0.00518. The van der Waals surface area contributed by atoms with Gasteiger partial charge in [-0.2, -0.15) is 0 Å². The molecule has 0 saturated carbocycles. The Morgan fingerprint density at radius 1 is 1.26 bits per heavy atom. The van der Waals surface area contributed by atoms with Crippen molar-refractivity contribution >= 4 is 28.4 Å². The average Bonchev–Trinajstić information content (AvgIpc) is 2.95. The first kappa shape index (κ1) is 14.3. The van der Waals surface area contributed by atoms with Crippen LogP contribution in [0.1, 0.15) is 40.5 Å². The van der Waals surface area contributed by atoms with Crippen LogP contribution < -0.4 is 5.32 Å². The lowest BCUT2D eigenvalue weighted by Crippen LogP contribution is -2.31. The first-order valence-corrected chi connectivity index (χ1v) is 8.11. The van der Waals surface area contributed by atoms with E-state index in [1.165, 1.54) is 5.56 Å². The van der Waals surface area contributed by atoms with Gasteiger partial charge in [0.25, 0.3) is 5.91 Å². The Kier molecular flexibility index (Phi) is 3.54. The van der Waals surface area contributed by atoms with E-state index >= 15 is 0 Å². The topological polar surface area (TPSA) is 57.8 Å². The second kappa shape index (κ2) is 5.70. The Balaban J connectivity index is 1.68. The van der Waals surface area contributed by atoms with Gasteiger partial charge in [0.15, 0.2) is 0 Å². The summed E-state index contributed by atoms with van der Waals surface area (Å²) in [5.41, 5.74) is 4.08. The molecule has 2 heterocycles. The van der Waals surface area contributed by atoms with Gasteiger partial charge in [0, 0.05) is 39.6 Å². The van der Waals surface area contributed by atoms with E-state index in [1.807, 2.05) is 18.2 Å². The van der Waals surface area contributed by atoms with Crippen molar-refractivity contribution < 1.29 is 4.79 Å². The quantitative estimate of drug-likeness (QED) is 0.747. The Bertz CT molecular complexity index is 873. The normalized spacial score (nSPS) is 17.0. The summed E-state index contributed by atoms with van der Waals surface area (Å²) in [7, 11) is 0. The number of fused-ring (bicyclic) bond motifs is 3. The number of rotatable bonds is 2. The summed E-state index contributed by atoms with van der Waals surface area (Å²) >= 11 is 6.13. The molecule has 5 heteroatoms. The van der Waals surface area contributed by atoms with Crippen molar-refractivity contribution in [3.8, 4) is 0 Å². The Morgan fingerprint density at radius 3 is 2.91 bits per heavy atom. The molecule has 1 aliphatic carbocycles. The van der Waals surface area contributed by atoms with Crippen molar-refractivity contribution in [2.45, 2.75) is 25.3 Å². The molecule has 1 unspecified atom stereocenters. The maximum absolute atomic E-state index is 12.4. The summed E-state index contributed by atoms with van der Waals surface area (Å²) in [5, 5.41) is 5.04. The van der Waals surface area contributed by atoms with Gasteiger partial charge in [-0.25, -0.2) is 0 Å². The molecule has 0 aliphatic heterocycles. The fourth-order valence-electron chi connectivity index (χ4n) is 3.32. The highest BCUT2D eigenvalue weighted by molar-refractivity contribution is 6.31. The summed E-state index contributed by atoms with van der Waals surface area (Å²) in [6.45, 7) is 0. The van der Waals surface area contributed by atoms with Gasteiger partial charge >= 0.3 is 0 Å². The first-order chi connectivity index (χ1) is 11.2. The highest BCUT2D eigenvalue weighted by Crippen LogP contribution is 2.35. The smallest absolute Gasteiger partial charge is 0.251 e. The highest BCUT2D eigenvalue weighted by atomic mass is 35.5. The Hall–Kier alpha value is -2.33. The zero-order chi connectivity index (χ0) is 15.8. The van der Waals surface area contributed by atoms with Crippen molar-refractivity contribution in [2.24, 2.45) is 0 Å². The summed E-state index contributed by atoms with van der Waals surface area (Å²) < 4.78 is 0. The van der Waals surface area contributed by atoms with Crippen molar-refractivity contribution in [1.29, 1.82) is 0 Å². The number of aromatic amines is 1. The lowest BCUT2D eigenvalue weighted by molar-refractivity contribution is 0.0932. The number of nitrogens with zero attached hydrogens (tertiary/aromatic N) is 1. The molecule has 2 aromatic heterocycles. The van der Waals surface area contributed by atoms with E-state index in [0.29, 0.717) is 5.56 Å². The number of H-pyrrole nitrogens is 1.